The minimum absolute atomic E-state index is 0.0520. The van der Waals surface area contributed by atoms with Crippen LogP contribution in [0.1, 0.15) is 28.9 Å². The lowest BCUT2D eigenvalue weighted by Gasteiger charge is -2.34. The lowest BCUT2D eigenvalue weighted by molar-refractivity contribution is 0.0624. The number of carbonyl (C=O) groups excluding carboxylic acids is 1. The van der Waals surface area contributed by atoms with Gasteiger partial charge in [0.15, 0.2) is 0 Å². The van der Waals surface area contributed by atoms with Crippen LogP contribution >= 0.6 is 11.3 Å². The Morgan fingerprint density at radius 3 is 2.80 bits per heavy atom. The van der Waals surface area contributed by atoms with Crippen LogP contribution in [0, 0.1) is 6.92 Å². The van der Waals surface area contributed by atoms with Crippen molar-refractivity contribution in [2.45, 2.75) is 25.8 Å². The highest BCUT2D eigenvalue weighted by Crippen LogP contribution is 2.32. The van der Waals surface area contributed by atoms with E-state index in [9.17, 15) is 9.90 Å². The summed E-state index contributed by atoms with van der Waals surface area (Å²) in [5.74, 6) is 1.92. The van der Waals surface area contributed by atoms with E-state index in [1.807, 2.05) is 49.5 Å². The Morgan fingerprint density at radius 1 is 1.12 bits per heavy atom. The zero-order valence-corrected chi connectivity index (χ0v) is 23.9. The largest absolute Gasteiger partial charge is 0.395 e. The van der Waals surface area contributed by atoms with Crippen LogP contribution in [0.5, 0.6) is 0 Å². The van der Waals surface area contributed by atoms with E-state index in [4.69, 9.17) is 14.7 Å². The molecule has 11 nitrogen and oxygen atoms in total. The Morgan fingerprint density at radius 2 is 2.00 bits per heavy atom. The molecule has 214 valence electrons. The van der Waals surface area contributed by atoms with Gasteiger partial charge in [-0.2, -0.15) is 4.98 Å². The molecule has 2 saturated heterocycles. The molecular formula is C29H34N8O3S. The van der Waals surface area contributed by atoms with E-state index in [0.29, 0.717) is 36.3 Å². The van der Waals surface area contributed by atoms with Crippen LogP contribution in [0.15, 0.2) is 42.6 Å². The molecule has 2 aliphatic heterocycles. The average Bonchev–Trinajstić information content (AvgIpc) is 3.42. The maximum Gasteiger partial charge on any atom is 0.251 e. The van der Waals surface area contributed by atoms with Crippen LogP contribution in [0.3, 0.4) is 0 Å². The molecule has 3 N–H and O–H groups in total. The summed E-state index contributed by atoms with van der Waals surface area (Å²) in [4.78, 5) is 36.1. The molecule has 5 heterocycles. The molecule has 12 heteroatoms. The number of aryl methyl sites for hydroxylation is 1. The van der Waals surface area contributed by atoms with Crippen LogP contribution in [0.4, 0.5) is 17.6 Å². The van der Waals surface area contributed by atoms with Crippen LogP contribution in [-0.4, -0.2) is 94.4 Å². The summed E-state index contributed by atoms with van der Waals surface area (Å²) in [6.07, 6.45) is 3.71. The Kier molecular flexibility index (Phi) is 8.33. The summed E-state index contributed by atoms with van der Waals surface area (Å²) in [5, 5.41) is 16.4. The smallest absolute Gasteiger partial charge is 0.251 e. The molecule has 1 unspecified atom stereocenters. The third kappa shape index (κ3) is 6.62. The number of amides is 1. The van der Waals surface area contributed by atoms with E-state index < -0.39 is 0 Å². The lowest BCUT2D eigenvalue weighted by Crippen LogP contribution is -2.47. The number of aromatic nitrogens is 4. The fourth-order valence-electron chi connectivity index (χ4n) is 5.15. The van der Waals surface area contributed by atoms with Crippen molar-refractivity contribution in [2.75, 3.05) is 62.8 Å². The number of benzene rings is 1. The first-order valence-corrected chi connectivity index (χ1v) is 14.8. The molecule has 0 saturated carbocycles. The second kappa shape index (κ2) is 12.4. The Balaban J connectivity index is 1.16. The predicted octanol–water partition coefficient (Wildman–Crippen LogP) is 3.22. The van der Waals surface area contributed by atoms with Crippen molar-refractivity contribution in [3.8, 4) is 10.6 Å². The average molecular weight is 575 g/mol. The number of β-amino-alcohol motifs (C(OH)–C–C–N with tert-alkyl or cyclic N) is 1. The van der Waals surface area contributed by atoms with Gasteiger partial charge < -0.3 is 25.4 Å². The molecule has 1 amide bonds. The van der Waals surface area contributed by atoms with E-state index in [2.05, 4.69) is 30.4 Å². The third-order valence-corrected chi connectivity index (χ3v) is 8.37. The SMILES string of the molecule is Cc1cc(Nc2cc3nc(-c4cccc(C(=O)NC5CCCOC5)c4)sc3cn2)nc(N2CCN(CCO)CC2)n1. The van der Waals surface area contributed by atoms with Crippen molar-refractivity contribution < 1.29 is 14.6 Å². The van der Waals surface area contributed by atoms with Crippen LogP contribution < -0.4 is 15.5 Å². The minimum atomic E-state index is -0.0943. The molecule has 1 aromatic carbocycles. The third-order valence-electron chi connectivity index (χ3n) is 7.31. The molecular weight excluding hydrogens is 540 g/mol. The van der Waals surface area contributed by atoms with Crippen LogP contribution in [0.2, 0.25) is 0 Å². The summed E-state index contributed by atoms with van der Waals surface area (Å²) in [5.41, 5.74) is 3.19. The predicted molar refractivity (Wildman–Crippen MR) is 160 cm³/mol. The second-order valence-corrected chi connectivity index (χ2v) is 11.4. The number of fused-ring (bicyclic) bond motifs is 1. The minimum Gasteiger partial charge on any atom is -0.395 e. The highest BCUT2D eigenvalue weighted by atomic mass is 32.1. The number of aliphatic hydroxyl groups is 1. The van der Waals surface area contributed by atoms with Crippen molar-refractivity contribution in [1.29, 1.82) is 0 Å². The van der Waals surface area contributed by atoms with Gasteiger partial charge in [0, 0.05) is 74.5 Å². The normalized spacial score (nSPS) is 18.0. The van der Waals surface area contributed by atoms with Crippen molar-refractivity contribution >= 4 is 45.0 Å². The molecule has 41 heavy (non-hydrogen) atoms. The van der Waals surface area contributed by atoms with Crippen molar-refractivity contribution in [2.24, 2.45) is 0 Å². The number of thiazole rings is 1. The number of pyridine rings is 1. The quantitative estimate of drug-likeness (QED) is 0.289. The van der Waals surface area contributed by atoms with Gasteiger partial charge in [0.2, 0.25) is 5.95 Å². The Labute approximate surface area is 242 Å². The van der Waals surface area contributed by atoms with Gasteiger partial charge >= 0.3 is 0 Å². The molecule has 4 aromatic rings. The number of nitrogens with one attached hydrogen (secondary N) is 2. The van der Waals surface area contributed by atoms with E-state index in [0.717, 1.165) is 72.1 Å². The van der Waals surface area contributed by atoms with Gasteiger partial charge in [-0.25, -0.2) is 15.0 Å². The molecule has 0 bridgehead atoms. The van der Waals surface area contributed by atoms with Crippen molar-refractivity contribution in [3.05, 3.63) is 53.9 Å². The maximum absolute atomic E-state index is 12.9. The number of hydrogen-bond donors (Lipinski definition) is 3. The lowest BCUT2D eigenvalue weighted by atomic mass is 10.1. The first kappa shape index (κ1) is 27.5. The molecule has 2 fully saturated rings. The summed E-state index contributed by atoms with van der Waals surface area (Å²) in [6.45, 7) is 7.51. The Hall–Kier alpha value is -3.71. The maximum atomic E-state index is 12.9. The van der Waals surface area contributed by atoms with Gasteiger partial charge in [-0.1, -0.05) is 12.1 Å². The van der Waals surface area contributed by atoms with E-state index in [1.54, 1.807) is 11.3 Å². The van der Waals surface area contributed by atoms with Crippen LogP contribution in [-0.2, 0) is 4.74 Å². The molecule has 2 aliphatic rings. The zero-order valence-electron chi connectivity index (χ0n) is 23.0. The fraction of sp³-hybridized carbons (Fsp3) is 0.414. The standard InChI is InChI=1S/C29H34N8O3S/c1-19-14-26(35-29(31-19)37-9-7-36(8-10-37)11-12-38)34-25-16-23-24(17-30-25)41-28(33-23)21-5-2-4-20(15-21)27(39)32-22-6-3-13-40-18-22/h2,4-5,14-17,22,38H,3,6-13,18H2,1H3,(H,32,39)(H,30,31,34,35). The van der Waals surface area contributed by atoms with Crippen molar-refractivity contribution in [1.82, 2.24) is 30.2 Å². The van der Waals surface area contributed by atoms with Gasteiger partial charge in [-0.15, -0.1) is 11.3 Å². The summed E-state index contributed by atoms with van der Waals surface area (Å²) in [6, 6.07) is 11.4. The number of rotatable bonds is 8. The molecule has 0 spiro atoms. The fourth-order valence-corrected chi connectivity index (χ4v) is 6.06. The van der Waals surface area contributed by atoms with Crippen molar-refractivity contribution in [3.63, 3.8) is 0 Å². The highest BCUT2D eigenvalue weighted by Gasteiger charge is 2.20. The molecule has 3 aromatic heterocycles. The number of piperazine rings is 1. The molecule has 6 rings (SSSR count). The Bertz CT molecular complexity index is 1520. The number of anilines is 3. The molecule has 0 aliphatic carbocycles. The molecule has 1 atom stereocenters. The summed E-state index contributed by atoms with van der Waals surface area (Å²) in [7, 11) is 0. The highest BCUT2D eigenvalue weighted by molar-refractivity contribution is 7.21. The monoisotopic (exact) mass is 574 g/mol. The number of nitrogens with zero attached hydrogens (tertiary/aromatic N) is 6. The van der Waals surface area contributed by atoms with Gasteiger partial charge in [0.05, 0.1) is 29.5 Å². The summed E-state index contributed by atoms with van der Waals surface area (Å²) >= 11 is 1.54. The van der Waals surface area contributed by atoms with E-state index in [1.165, 1.54) is 0 Å². The second-order valence-electron chi connectivity index (χ2n) is 10.4. The van der Waals surface area contributed by atoms with Gasteiger partial charge in [0.1, 0.15) is 16.6 Å². The van der Waals surface area contributed by atoms with Gasteiger partial charge in [-0.3, -0.25) is 9.69 Å². The molecule has 0 radical (unpaired) electrons. The number of carbonyl (C=O) groups is 1. The first-order chi connectivity index (χ1) is 20.0. The zero-order chi connectivity index (χ0) is 28.2. The topological polar surface area (TPSA) is 129 Å². The van der Waals surface area contributed by atoms with Gasteiger partial charge in [-0.05, 0) is 31.9 Å². The van der Waals surface area contributed by atoms with Gasteiger partial charge in [0.25, 0.3) is 5.91 Å². The van der Waals surface area contributed by atoms with E-state index >= 15 is 0 Å². The summed E-state index contributed by atoms with van der Waals surface area (Å²) < 4.78 is 6.45. The first-order valence-electron chi connectivity index (χ1n) is 14.0. The number of hydrogen-bond acceptors (Lipinski definition) is 11. The number of ether oxygens (including phenoxy) is 1. The van der Waals surface area contributed by atoms with Crippen LogP contribution in [0.25, 0.3) is 20.8 Å². The van der Waals surface area contributed by atoms with E-state index in [-0.39, 0.29) is 18.6 Å². The number of aliphatic hydroxyl groups excluding tert-OH is 1.